The molecule has 5 heteroatoms. The molecule has 0 aliphatic heterocycles. The first-order valence-electron chi connectivity index (χ1n) is 4.26. The maximum absolute atomic E-state index is 11.1. The summed E-state index contributed by atoms with van der Waals surface area (Å²) in [6.07, 6.45) is 0. The molecule has 14 heavy (non-hydrogen) atoms. The molecule has 5 nitrogen and oxygen atoms in total. The Balaban J connectivity index is 4.57. The van der Waals surface area contributed by atoms with E-state index < -0.39 is 17.7 Å². The number of ether oxygens (including phenoxy) is 2. The number of hydrogen-bond donors (Lipinski definition) is 0. The minimum absolute atomic E-state index is 0.0979. The van der Waals surface area contributed by atoms with Gasteiger partial charge in [-0.05, 0) is 26.5 Å². The molecule has 0 bridgehead atoms. The van der Waals surface area contributed by atoms with E-state index in [9.17, 15) is 14.7 Å². The van der Waals surface area contributed by atoms with Crippen LogP contribution in [0.1, 0.15) is 20.8 Å². The summed E-state index contributed by atoms with van der Waals surface area (Å²) >= 11 is 0. The van der Waals surface area contributed by atoms with Gasteiger partial charge in [0.15, 0.2) is 0 Å². The van der Waals surface area contributed by atoms with Gasteiger partial charge in [-0.2, -0.15) is 0 Å². The molecule has 0 saturated carbocycles. The quantitative estimate of drug-likeness (QED) is 0.356. The molecule has 0 aromatic rings. The Morgan fingerprint density at radius 1 is 1.07 bits per heavy atom. The van der Waals surface area contributed by atoms with Gasteiger partial charge < -0.3 is 14.6 Å². The van der Waals surface area contributed by atoms with Crippen LogP contribution in [0.2, 0.25) is 0 Å². The van der Waals surface area contributed by atoms with E-state index in [2.05, 4.69) is 9.47 Å². The highest BCUT2D eigenvalue weighted by Crippen LogP contribution is 2.02. The Morgan fingerprint density at radius 3 is 1.93 bits per heavy atom. The van der Waals surface area contributed by atoms with Crippen molar-refractivity contribution in [3.05, 3.63) is 11.3 Å². The van der Waals surface area contributed by atoms with Crippen LogP contribution in [0.15, 0.2) is 11.3 Å². The molecule has 0 amide bonds. The summed E-state index contributed by atoms with van der Waals surface area (Å²) in [5.74, 6) is -2.77. The van der Waals surface area contributed by atoms with Crippen LogP contribution in [0.5, 0.6) is 0 Å². The minimum atomic E-state index is -1.03. The van der Waals surface area contributed by atoms with Gasteiger partial charge in [0.25, 0.3) is 0 Å². The van der Waals surface area contributed by atoms with Gasteiger partial charge in [-0.3, -0.25) is 0 Å². The van der Waals surface area contributed by atoms with Gasteiger partial charge in [0.1, 0.15) is 0 Å². The van der Waals surface area contributed by atoms with Crippen molar-refractivity contribution in [3.8, 4) is 0 Å². The first-order chi connectivity index (χ1) is 6.54. The summed E-state index contributed by atoms with van der Waals surface area (Å²) in [5.41, 5.74) is -0.259. The smallest absolute Gasteiger partial charge is 0.333 e. The van der Waals surface area contributed by atoms with Crippen molar-refractivity contribution in [3.63, 3.8) is 0 Å². The first kappa shape index (κ1) is 12.5. The molecule has 0 N–H and O–H groups in total. The van der Waals surface area contributed by atoms with Crippen LogP contribution in [0.3, 0.4) is 0 Å². The Morgan fingerprint density at radius 2 is 1.50 bits per heavy atom. The zero-order valence-electron chi connectivity index (χ0n) is 8.46. The molecular formula is C9H13O5-. The third kappa shape index (κ3) is 3.47. The fourth-order valence-corrected chi connectivity index (χ4v) is 0.682. The molecule has 0 aliphatic rings. The van der Waals surface area contributed by atoms with Crippen molar-refractivity contribution in [2.24, 2.45) is 0 Å². The van der Waals surface area contributed by atoms with E-state index in [4.69, 9.17) is 0 Å². The first-order valence-corrected chi connectivity index (χ1v) is 4.26. The monoisotopic (exact) mass is 201 g/mol. The van der Waals surface area contributed by atoms with Gasteiger partial charge in [-0.25, -0.2) is 9.59 Å². The molecule has 0 radical (unpaired) electrons. The van der Waals surface area contributed by atoms with Gasteiger partial charge in [0.05, 0.1) is 13.2 Å². The predicted molar refractivity (Wildman–Crippen MR) is 46.0 cm³/mol. The van der Waals surface area contributed by atoms with Crippen LogP contribution in [0.25, 0.3) is 0 Å². The summed E-state index contributed by atoms with van der Waals surface area (Å²) in [5, 5.41) is 11.1. The van der Waals surface area contributed by atoms with E-state index in [0.717, 1.165) is 0 Å². The van der Waals surface area contributed by atoms with Crippen LogP contribution in [0.4, 0.5) is 0 Å². The van der Waals surface area contributed by atoms with Crippen molar-refractivity contribution in [1.29, 1.82) is 0 Å². The van der Waals surface area contributed by atoms with Crippen LogP contribution < -0.4 is 5.11 Å². The summed E-state index contributed by atoms with van der Waals surface area (Å²) in [6, 6.07) is 0. The van der Waals surface area contributed by atoms with Gasteiger partial charge >= 0.3 is 11.9 Å². The Hall–Kier alpha value is -1.52. The van der Waals surface area contributed by atoms with E-state index in [1.54, 1.807) is 13.8 Å². The van der Waals surface area contributed by atoms with Crippen molar-refractivity contribution >= 4 is 11.9 Å². The lowest BCUT2D eigenvalue weighted by Gasteiger charge is -2.13. The van der Waals surface area contributed by atoms with Crippen LogP contribution >= 0.6 is 0 Å². The number of carbonyl (C=O) groups excluding carboxylic acids is 2. The van der Waals surface area contributed by atoms with E-state index in [-0.39, 0.29) is 18.8 Å². The van der Waals surface area contributed by atoms with E-state index in [1.165, 1.54) is 6.92 Å². The maximum atomic E-state index is 11.1. The van der Waals surface area contributed by atoms with Crippen molar-refractivity contribution in [1.82, 2.24) is 0 Å². The average Bonchev–Trinajstić information content (AvgIpc) is 2.16. The van der Waals surface area contributed by atoms with E-state index in [0.29, 0.717) is 0 Å². The molecule has 0 rings (SSSR count). The third-order valence-electron chi connectivity index (χ3n) is 1.38. The lowest BCUT2D eigenvalue weighted by molar-refractivity contribution is -0.305. The lowest BCUT2D eigenvalue weighted by Crippen LogP contribution is -2.23. The Kier molecular flexibility index (Phi) is 5.36. The number of rotatable bonds is 4. The maximum Gasteiger partial charge on any atom is 0.333 e. The fraction of sp³-hybridized carbons (Fsp3) is 0.556. The Labute approximate surface area is 82.3 Å². The third-order valence-corrected chi connectivity index (χ3v) is 1.38. The summed E-state index contributed by atoms with van der Waals surface area (Å²) in [6.45, 7) is 4.68. The second kappa shape index (κ2) is 6.01. The molecular weight excluding hydrogens is 188 g/mol. The average molecular weight is 201 g/mol. The van der Waals surface area contributed by atoms with Crippen molar-refractivity contribution < 1.29 is 24.2 Å². The molecule has 0 heterocycles. The zero-order valence-corrected chi connectivity index (χ0v) is 8.46. The molecule has 0 spiro atoms. The zero-order chi connectivity index (χ0) is 11.1. The van der Waals surface area contributed by atoms with Crippen molar-refractivity contribution in [2.45, 2.75) is 20.8 Å². The molecule has 0 saturated heterocycles. The van der Waals surface area contributed by atoms with E-state index in [1.807, 2.05) is 0 Å². The normalized spacial score (nSPS) is 11.6. The highest BCUT2D eigenvalue weighted by Gasteiger charge is 2.10. The topological polar surface area (TPSA) is 75.7 Å². The van der Waals surface area contributed by atoms with Crippen LogP contribution in [-0.2, 0) is 19.1 Å². The highest BCUT2D eigenvalue weighted by molar-refractivity contribution is 5.97. The van der Waals surface area contributed by atoms with Crippen LogP contribution in [-0.4, -0.2) is 25.2 Å². The number of hydrogen-bond acceptors (Lipinski definition) is 5. The molecule has 0 aliphatic carbocycles. The number of esters is 2. The molecule has 0 unspecified atom stereocenters. The van der Waals surface area contributed by atoms with Gasteiger partial charge in [-0.15, -0.1) is 0 Å². The van der Waals surface area contributed by atoms with Gasteiger partial charge in [0.2, 0.25) is 0 Å². The van der Waals surface area contributed by atoms with E-state index >= 15 is 0 Å². The molecule has 80 valence electrons. The molecule has 0 fully saturated rings. The van der Waals surface area contributed by atoms with Crippen LogP contribution in [0, 0.1) is 0 Å². The molecule has 0 aromatic carbocycles. The van der Waals surface area contributed by atoms with Crippen molar-refractivity contribution in [2.75, 3.05) is 13.2 Å². The molecule has 0 aromatic heterocycles. The van der Waals surface area contributed by atoms with Gasteiger partial charge in [-0.1, -0.05) is 0 Å². The predicted octanol–water partition coefficient (Wildman–Crippen LogP) is -0.253. The Bertz CT molecular complexity index is 228. The highest BCUT2D eigenvalue weighted by atomic mass is 16.5. The second-order valence-corrected chi connectivity index (χ2v) is 2.40. The standard InChI is InChI=1S/C9H14O5/c1-4-13-8(11)6(3)7(10)9(12)14-5-2/h10H,4-5H2,1-3H3/p-1/b7-6-. The SMILES string of the molecule is CCOC(=O)/C(C)=C(\[O-])C(=O)OCC. The summed E-state index contributed by atoms with van der Waals surface area (Å²) < 4.78 is 8.98. The largest absolute Gasteiger partial charge is 0.867 e. The minimum Gasteiger partial charge on any atom is -0.867 e. The molecule has 0 atom stereocenters. The second-order valence-electron chi connectivity index (χ2n) is 2.40. The summed E-state index contributed by atoms with van der Waals surface area (Å²) in [4.78, 5) is 21.9. The fourth-order valence-electron chi connectivity index (χ4n) is 0.682. The number of carbonyl (C=O) groups is 2. The lowest BCUT2D eigenvalue weighted by atomic mass is 10.2. The summed E-state index contributed by atoms with van der Waals surface area (Å²) in [7, 11) is 0. The van der Waals surface area contributed by atoms with Gasteiger partial charge in [0, 0.05) is 5.57 Å².